The van der Waals surface area contributed by atoms with Gasteiger partial charge in [0.05, 0.1) is 10.0 Å². The number of sulfonamides is 1. The van der Waals surface area contributed by atoms with E-state index in [0.717, 1.165) is 0 Å². The van der Waals surface area contributed by atoms with E-state index in [2.05, 4.69) is 15.9 Å². The van der Waals surface area contributed by atoms with E-state index >= 15 is 0 Å². The van der Waals surface area contributed by atoms with Crippen LogP contribution in [0, 0.1) is 0 Å². The van der Waals surface area contributed by atoms with E-state index in [1.165, 1.54) is 30.3 Å². The number of hydrogen-bond acceptors (Lipinski definition) is 4. The first-order chi connectivity index (χ1) is 9.68. The zero-order valence-electron chi connectivity index (χ0n) is 10.3. The largest absolute Gasteiger partial charge is 0.454 e. The number of benzene rings is 2. The minimum absolute atomic E-state index is 0.00647. The summed E-state index contributed by atoms with van der Waals surface area (Å²) in [6, 6.07) is 7.07. The molecular weight excluding hydrogens is 403 g/mol. The summed E-state index contributed by atoms with van der Waals surface area (Å²) in [5.41, 5.74) is 5.80. The van der Waals surface area contributed by atoms with Gasteiger partial charge in [-0.3, -0.25) is 0 Å². The maximum atomic E-state index is 11.6. The molecule has 0 aliphatic carbocycles. The van der Waals surface area contributed by atoms with Crippen molar-refractivity contribution in [3.63, 3.8) is 0 Å². The summed E-state index contributed by atoms with van der Waals surface area (Å²) in [5.74, 6) is 0.200. The summed E-state index contributed by atoms with van der Waals surface area (Å²) < 4.78 is 29.2. The van der Waals surface area contributed by atoms with Crippen LogP contribution in [-0.4, -0.2) is 8.42 Å². The van der Waals surface area contributed by atoms with Crippen LogP contribution in [0.4, 0.5) is 5.69 Å². The molecule has 0 saturated carbocycles. The minimum Gasteiger partial charge on any atom is -0.454 e. The van der Waals surface area contributed by atoms with Gasteiger partial charge in [0, 0.05) is 16.2 Å². The van der Waals surface area contributed by atoms with Gasteiger partial charge in [-0.1, -0.05) is 23.2 Å². The number of rotatable bonds is 3. The summed E-state index contributed by atoms with van der Waals surface area (Å²) in [7, 11) is -4.00. The molecule has 21 heavy (non-hydrogen) atoms. The van der Waals surface area contributed by atoms with E-state index in [0.29, 0.717) is 9.50 Å². The second-order valence-corrected chi connectivity index (χ2v) is 7.25. The van der Waals surface area contributed by atoms with Gasteiger partial charge in [0.15, 0.2) is 0 Å². The number of nitrogens with two attached hydrogens (primary N) is 2. The minimum atomic E-state index is -4.00. The van der Waals surface area contributed by atoms with Gasteiger partial charge in [0.25, 0.3) is 0 Å². The van der Waals surface area contributed by atoms with Crippen molar-refractivity contribution in [2.24, 2.45) is 5.14 Å². The highest BCUT2D eigenvalue weighted by Crippen LogP contribution is 2.38. The normalized spacial score (nSPS) is 11.4. The smallest absolute Gasteiger partial charge is 0.241 e. The average Bonchev–Trinajstić information content (AvgIpc) is 2.36. The van der Waals surface area contributed by atoms with Gasteiger partial charge < -0.3 is 10.5 Å². The van der Waals surface area contributed by atoms with Crippen LogP contribution in [0.15, 0.2) is 39.7 Å². The standard InChI is InChI=1S/C12H9BrCl2N2O3S/c13-7-4-9(15)11(5-8(7)14)20-10-2-1-6(16)3-12(10)21(17,18)19/h1-5H,16H2,(H2,17,18,19). The van der Waals surface area contributed by atoms with Crippen LogP contribution in [0.3, 0.4) is 0 Å². The van der Waals surface area contributed by atoms with Gasteiger partial charge in [-0.15, -0.1) is 0 Å². The zero-order valence-corrected chi connectivity index (χ0v) is 14.2. The van der Waals surface area contributed by atoms with Gasteiger partial charge in [0.1, 0.15) is 16.4 Å². The maximum Gasteiger partial charge on any atom is 0.241 e. The van der Waals surface area contributed by atoms with E-state index in [1.54, 1.807) is 0 Å². The fourth-order valence-electron chi connectivity index (χ4n) is 1.53. The quantitative estimate of drug-likeness (QED) is 0.593. The topological polar surface area (TPSA) is 95.4 Å². The van der Waals surface area contributed by atoms with Crippen LogP contribution < -0.4 is 15.6 Å². The number of ether oxygens (including phenoxy) is 1. The number of hydrogen-bond donors (Lipinski definition) is 2. The maximum absolute atomic E-state index is 11.6. The molecule has 0 aliphatic heterocycles. The SMILES string of the molecule is Nc1ccc(Oc2cc(Cl)c(Br)cc2Cl)c(S(N)(=O)=O)c1. The molecule has 0 atom stereocenters. The summed E-state index contributed by atoms with van der Waals surface area (Å²) in [4.78, 5) is -0.238. The molecule has 0 bridgehead atoms. The molecule has 9 heteroatoms. The lowest BCUT2D eigenvalue weighted by Gasteiger charge is -2.12. The van der Waals surface area contributed by atoms with Crippen molar-refractivity contribution in [1.82, 2.24) is 0 Å². The van der Waals surface area contributed by atoms with E-state index in [1.807, 2.05) is 0 Å². The Bertz CT molecular complexity index is 812. The second-order valence-electron chi connectivity index (χ2n) is 4.05. The Labute approximate surface area is 140 Å². The van der Waals surface area contributed by atoms with E-state index < -0.39 is 10.0 Å². The molecule has 0 amide bonds. The highest BCUT2D eigenvalue weighted by atomic mass is 79.9. The van der Waals surface area contributed by atoms with Crippen LogP contribution in [0.5, 0.6) is 11.5 Å². The Kier molecular flexibility index (Phi) is 4.69. The average molecular weight is 412 g/mol. The number of primary sulfonamides is 1. The second kappa shape index (κ2) is 6.02. The Morgan fingerprint density at radius 3 is 2.33 bits per heavy atom. The molecule has 0 fully saturated rings. The highest BCUT2D eigenvalue weighted by molar-refractivity contribution is 9.10. The molecule has 0 unspecified atom stereocenters. The Balaban J connectivity index is 2.53. The molecular formula is C12H9BrCl2N2O3S. The van der Waals surface area contributed by atoms with E-state index in [9.17, 15) is 8.42 Å². The molecule has 2 rings (SSSR count). The third kappa shape index (κ3) is 3.81. The van der Waals surface area contributed by atoms with Crippen LogP contribution in [0.1, 0.15) is 0 Å². The van der Waals surface area contributed by atoms with Crippen molar-refractivity contribution in [2.45, 2.75) is 4.90 Å². The highest BCUT2D eigenvalue weighted by Gasteiger charge is 2.18. The third-order valence-corrected chi connectivity index (χ3v) is 4.89. The number of nitrogen functional groups attached to an aromatic ring is 1. The number of anilines is 1. The number of halogens is 3. The lowest BCUT2D eigenvalue weighted by Crippen LogP contribution is -2.13. The van der Waals surface area contributed by atoms with Crippen LogP contribution in [0.25, 0.3) is 0 Å². The van der Waals surface area contributed by atoms with E-state index in [4.69, 9.17) is 38.8 Å². The molecule has 0 heterocycles. The lowest BCUT2D eigenvalue weighted by atomic mass is 10.3. The molecule has 112 valence electrons. The summed E-state index contributed by atoms with van der Waals surface area (Å²) in [5, 5.41) is 5.76. The predicted molar refractivity (Wildman–Crippen MR) is 86.5 cm³/mol. The van der Waals surface area contributed by atoms with Crippen molar-refractivity contribution in [3.05, 3.63) is 44.8 Å². The first kappa shape index (κ1) is 16.4. The van der Waals surface area contributed by atoms with Gasteiger partial charge in [-0.05, 0) is 40.2 Å². The molecule has 4 N–H and O–H groups in total. The molecule has 5 nitrogen and oxygen atoms in total. The predicted octanol–water partition coefficient (Wildman–Crippen LogP) is 3.78. The van der Waals surface area contributed by atoms with Gasteiger partial charge >= 0.3 is 0 Å². The Morgan fingerprint density at radius 1 is 1.05 bits per heavy atom. The van der Waals surface area contributed by atoms with Gasteiger partial charge in [-0.25, -0.2) is 13.6 Å². The molecule has 0 saturated heterocycles. The molecule has 0 radical (unpaired) electrons. The first-order valence-corrected chi connectivity index (χ1v) is 8.53. The van der Waals surface area contributed by atoms with Gasteiger partial charge in [0.2, 0.25) is 10.0 Å². The van der Waals surface area contributed by atoms with Crippen molar-refractivity contribution >= 4 is 54.8 Å². The first-order valence-electron chi connectivity index (χ1n) is 5.43. The van der Waals surface area contributed by atoms with Crippen molar-refractivity contribution in [1.29, 1.82) is 0 Å². The van der Waals surface area contributed by atoms with Crippen molar-refractivity contribution in [3.8, 4) is 11.5 Å². The van der Waals surface area contributed by atoms with Crippen LogP contribution >= 0.6 is 39.1 Å². The summed E-state index contributed by atoms with van der Waals surface area (Å²) in [6.45, 7) is 0. The molecule has 0 spiro atoms. The third-order valence-electron chi connectivity index (χ3n) is 2.47. The Hall–Kier alpha value is -0.990. The molecule has 0 aliphatic rings. The van der Waals surface area contributed by atoms with Crippen LogP contribution in [0.2, 0.25) is 10.0 Å². The molecule has 2 aromatic carbocycles. The molecule has 0 aromatic heterocycles. The monoisotopic (exact) mass is 410 g/mol. The lowest BCUT2D eigenvalue weighted by molar-refractivity contribution is 0.468. The summed E-state index contributed by atoms with van der Waals surface area (Å²) >= 11 is 15.2. The van der Waals surface area contributed by atoms with Crippen molar-refractivity contribution in [2.75, 3.05) is 5.73 Å². The fraction of sp³-hybridized carbons (Fsp3) is 0. The Morgan fingerprint density at radius 2 is 1.71 bits per heavy atom. The van der Waals surface area contributed by atoms with Gasteiger partial charge in [-0.2, -0.15) is 0 Å². The van der Waals surface area contributed by atoms with Crippen LogP contribution in [-0.2, 0) is 10.0 Å². The molecule has 2 aromatic rings. The van der Waals surface area contributed by atoms with E-state index in [-0.39, 0.29) is 27.1 Å². The zero-order chi connectivity index (χ0) is 15.8. The summed E-state index contributed by atoms with van der Waals surface area (Å²) in [6.07, 6.45) is 0. The van der Waals surface area contributed by atoms with Crippen molar-refractivity contribution < 1.29 is 13.2 Å². The fourth-order valence-corrected chi connectivity index (χ4v) is 3.05.